The number of hydrogen-bond acceptors (Lipinski definition) is 3. The Kier molecular flexibility index (Phi) is 5.53. The molecule has 1 aromatic heterocycles. The maximum absolute atomic E-state index is 6.64. The quantitative estimate of drug-likeness (QED) is 0.260. The fourth-order valence-corrected chi connectivity index (χ4v) is 4.54. The molecule has 4 heteroatoms. The number of benzene rings is 5. The number of aromatic nitrogens is 3. The topological polar surface area (TPSA) is 38.7 Å². The van der Waals surface area contributed by atoms with Gasteiger partial charge < -0.3 is 0 Å². The van der Waals surface area contributed by atoms with Crippen LogP contribution >= 0.6 is 11.6 Å². The fourth-order valence-electron chi connectivity index (χ4n) is 4.26. The first-order chi connectivity index (χ1) is 17.3. The van der Waals surface area contributed by atoms with Gasteiger partial charge in [-0.2, -0.15) is 0 Å². The van der Waals surface area contributed by atoms with Crippen molar-refractivity contribution in [1.82, 2.24) is 15.0 Å². The number of nitrogens with zero attached hydrogens (tertiary/aromatic N) is 3. The lowest BCUT2D eigenvalue weighted by molar-refractivity contribution is 1.07. The van der Waals surface area contributed by atoms with Gasteiger partial charge in [0, 0.05) is 27.3 Å². The van der Waals surface area contributed by atoms with E-state index >= 15 is 0 Å². The van der Waals surface area contributed by atoms with Crippen LogP contribution in [-0.2, 0) is 0 Å². The van der Waals surface area contributed by atoms with E-state index in [2.05, 4.69) is 30.3 Å². The van der Waals surface area contributed by atoms with E-state index in [9.17, 15) is 0 Å². The van der Waals surface area contributed by atoms with Crippen molar-refractivity contribution in [3.63, 3.8) is 0 Å². The second-order valence-electron chi connectivity index (χ2n) is 8.26. The fraction of sp³-hybridized carbons (Fsp3) is 0. The van der Waals surface area contributed by atoms with E-state index in [1.165, 1.54) is 0 Å². The van der Waals surface area contributed by atoms with E-state index in [1.807, 2.05) is 91.0 Å². The molecule has 0 aliphatic carbocycles. The maximum Gasteiger partial charge on any atom is 0.164 e. The van der Waals surface area contributed by atoms with E-state index in [-0.39, 0.29) is 0 Å². The summed E-state index contributed by atoms with van der Waals surface area (Å²) >= 11 is 6.64. The zero-order chi connectivity index (χ0) is 23.6. The van der Waals surface area contributed by atoms with Crippen LogP contribution in [0, 0.1) is 0 Å². The third-order valence-electron chi connectivity index (χ3n) is 6.01. The monoisotopic (exact) mass is 469 g/mol. The highest BCUT2D eigenvalue weighted by Crippen LogP contribution is 2.36. The molecule has 35 heavy (non-hydrogen) atoms. The molecule has 0 amide bonds. The number of fused-ring (bicyclic) bond motifs is 1. The molecule has 166 valence electrons. The molecule has 0 saturated carbocycles. The van der Waals surface area contributed by atoms with Crippen LogP contribution in [0.3, 0.4) is 0 Å². The molecular formula is C31H20ClN3. The Bertz CT molecular complexity index is 1570. The second-order valence-corrected chi connectivity index (χ2v) is 8.67. The Hall–Kier alpha value is -4.34. The highest BCUT2D eigenvalue weighted by molar-refractivity contribution is 6.35. The van der Waals surface area contributed by atoms with Gasteiger partial charge in [-0.25, -0.2) is 15.0 Å². The van der Waals surface area contributed by atoms with Gasteiger partial charge in [0.2, 0.25) is 0 Å². The zero-order valence-electron chi connectivity index (χ0n) is 18.8. The van der Waals surface area contributed by atoms with Gasteiger partial charge in [0.05, 0.1) is 0 Å². The minimum atomic E-state index is 0.633. The molecule has 0 saturated heterocycles. The number of halogens is 1. The van der Waals surface area contributed by atoms with Crippen LogP contribution < -0.4 is 0 Å². The SMILES string of the molecule is Clc1ccc2ccccc2c1-c1ccc(-c2nc(-c3ccccc3)nc(-c3ccccc3)n2)cc1. The summed E-state index contributed by atoms with van der Waals surface area (Å²) in [6, 6.07) is 40.5. The van der Waals surface area contributed by atoms with Crippen LogP contribution in [0.25, 0.3) is 56.1 Å². The standard InChI is InChI=1S/C31H20ClN3/c32-27-20-19-21-9-7-8-14-26(21)28(27)22-15-17-25(18-16-22)31-34-29(23-10-3-1-4-11-23)33-30(35-31)24-12-5-2-6-13-24/h1-20H. The van der Waals surface area contributed by atoms with Gasteiger partial charge in [0.1, 0.15) is 0 Å². The highest BCUT2D eigenvalue weighted by atomic mass is 35.5. The first-order valence-corrected chi connectivity index (χ1v) is 11.8. The van der Waals surface area contributed by atoms with Crippen molar-refractivity contribution < 1.29 is 0 Å². The van der Waals surface area contributed by atoms with Crippen molar-refractivity contribution in [3.05, 3.63) is 126 Å². The van der Waals surface area contributed by atoms with Crippen molar-refractivity contribution >= 4 is 22.4 Å². The zero-order valence-corrected chi connectivity index (χ0v) is 19.5. The van der Waals surface area contributed by atoms with Crippen LogP contribution in [0.2, 0.25) is 5.02 Å². The molecule has 0 N–H and O–H groups in total. The molecule has 0 spiro atoms. The van der Waals surface area contributed by atoms with Gasteiger partial charge in [-0.1, -0.05) is 127 Å². The Morgan fingerprint density at radius 2 is 0.857 bits per heavy atom. The molecule has 3 nitrogen and oxygen atoms in total. The van der Waals surface area contributed by atoms with Crippen molar-refractivity contribution in [3.8, 4) is 45.3 Å². The predicted octanol–water partition coefficient (Wildman–Crippen LogP) is 8.35. The summed E-state index contributed by atoms with van der Waals surface area (Å²) < 4.78 is 0. The van der Waals surface area contributed by atoms with Crippen LogP contribution in [0.4, 0.5) is 0 Å². The van der Waals surface area contributed by atoms with E-state index in [4.69, 9.17) is 26.6 Å². The molecule has 6 aromatic rings. The summed E-state index contributed by atoms with van der Waals surface area (Å²) in [6.07, 6.45) is 0. The van der Waals surface area contributed by atoms with Crippen LogP contribution in [0.15, 0.2) is 121 Å². The first kappa shape index (κ1) is 21.2. The minimum Gasteiger partial charge on any atom is -0.208 e. The van der Waals surface area contributed by atoms with Gasteiger partial charge in [0.25, 0.3) is 0 Å². The van der Waals surface area contributed by atoms with Crippen molar-refractivity contribution in [2.24, 2.45) is 0 Å². The number of rotatable bonds is 4. The second kappa shape index (κ2) is 9.13. The van der Waals surface area contributed by atoms with E-state index in [0.29, 0.717) is 17.5 Å². The first-order valence-electron chi connectivity index (χ1n) is 11.4. The largest absolute Gasteiger partial charge is 0.208 e. The molecule has 0 fully saturated rings. The predicted molar refractivity (Wildman–Crippen MR) is 144 cm³/mol. The van der Waals surface area contributed by atoms with E-state index in [0.717, 1.165) is 43.6 Å². The third kappa shape index (κ3) is 4.18. The average Bonchev–Trinajstić information content (AvgIpc) is 2.94. The van der Waals surface area contributed by atoms with Crippen LogP contribution in [-0.4, -0.2) is 15.0 Å². The normalized spacial score (nSPS) is 11.0. The van der Waals surface area contributed by atoms with Gasteiger partial charge in [-0.3, -0.25) is 0 Å². The summed E-state index contributed by atoms with van der Waals surface area (Å²) in [5, 5.41) is 3.02. The molecular weight excluding hydrogens is 450 g/mol. The van der Waals surface area contributed by atoms with Crippen LogP contribution in [0.1, 0.15) is 0 Å². The minimum absolute atomic E-state index is 0.633. The molecule has 0 radical (unpaired) electrons. The highest BCUT2D eigenvalue weighted by Gasteiger charge is 2.13. The van der Waals surface area contributed by atoms with Gasteiger partial charge in [-0.15, -0.1) is 0 Å². The smallest absolute Gasteiger partial charge is 0.164 e. The number of hydrogen-bond donors (Lipinski definition) is 0. The summed E-state index contributed by atoms with van der Waals surface area (Å²) in [4.78, 5) is 14.4. The van der Waals surface area contributed by atoms with Gasteiger partial charge in [-0.05, 0) is 22.4 Å². The molecule has 5 aromatic carbocycles. The lowest BCUT2D eigenvalue weighted by Crippen LogP contribution is -2.00. The maximum atomic E-state index is 6.64. The average molecular weight is 470 g/mol. The van der Waals surface area contributed by atoms with Gasteiger partial charge in [0.15, 0.2) is 17.5 Å². The summed E-state index contributed by atoms with van der Waals surface area (Å²) in [7, 11) is 0. The van der Waals surface area contributed by atoms with E-state index in [1.54, 1.807) is 0 Å². The molecule has 0 aliphatic rings. The Labute approximate surface area is 208 Å². The Morgan fingerprint density at radius 3 is 1.43 bits per heavy atom. The lowest BCUT2D eigenvalue weighted by atomic mass is 9.97. The van der Waals surface area contributed by atoms with Crippen molar-refractivity contribution in [1.29, 1.82) is 0 Å². The molecule has 0 bridgehead atoms. The third-order valence-corrected chi connectivity index (χ3v) is 6.32. The molecule has 0 atom stereocenters. The van der Waals surface area contributed by atoms with Gasteiger partial charge >= 0.3 is 0 Å². The molecule has 0 unspecified atom stereocenters. The lowest BCUT2D eigenvalue weighted by Gasteiger charge is -2.11. The van der Waals surface area contributed by atoms with Crippen molar-refractivity contribution in [2.75, 3.05) is 0 Å². The molecule has 1 heterocycles. The summed E-state index contributed by atoms with van der Waals surface area (Å²) in [5.41, 5.74) is 4.90. The van der Waals surface area contributed by atoms with Crippen molar-refractivity contribution in [2.45, 2.75) is 0 Å². The van der Waals surface area contributed by atoms with Crippen LogP contribution in [0.5, 0.6) is 0 Å². The summed E-state index contributed by atoms with van der Waals surface area (Å²) in [5.74, 6) is 1.93. The molecule has 6 rings (SSSR count). The summed E-state index contributed by atoms with van der Waals surface area (Å²) in [6.45, 7) is 0. The Balaban J connectivity index is 1.47. The van der Waals surface area contributed by atoms with E-state index < -0.39 is 0 Å². The Morgan fingerprint density at radius 1 is 0.400 bits per heavy atom. The molecule has 0 aliphatic heterocycles.